The van der Waals surface area contributed by atoms with Crippen molar-refractivity contribution in [1.29, 1.82) is 0 Å². The number of hydrogen-bond donors (Lipinski definition) is 3. The summed E-state index contributed by atoms with van der Waals surface area (Å²) in [5, 5.41) is 20.8. The van der Waals surface area contributed by atoms with Crippen LogP contribution in [0.2, 0.25) is 0 Å². The molecule has 0 spiro atoms. The van der Waals surface area contributed by atoms with E-state index in [2.05, 4.69) is 25.5 Å². The van der Waals surface area contributed by atoms with E-state index < -0.39 is 12.7 Å². The van der Waals surface area contributed by atoms with E-state index in [1.807, 2.05) is 43.5 Å². The zero-order valence-electron chi connectivity index (χ0n) is 17.5. The van der Waals surface area contributed by atoms with Gasteiger partial charge in [0, 0.05) is 25.5 Å². The van der Waals surface area contributed by atoms with E-state index in [0.29, 0.717) is 24.6 Å². The molecule has 1 heterocycles. The molecule has 3 aromatic rings. The second-order valence-electron chi connectivity index (χ2n) is 6.66. The van der Waals surface area contributed by atoms with Gasteiger partial charge in [0.25, 0.3) is 0 Å². The number of guanidine groups is 1. The zero-order valence-corrected chi connectivity index (χ0v) is 19.8. The van der Waals surface area contributed by atoms with Gasteiger partial charge in [-0.25, -0.2) is 9.67 Å². The minimum Gasteiger partial charge on any atom is -0.435 e. The SMILES string of the molecule is CCNC(=NCc1ccc(-n2cccn2)cc1)NCC(O)c1ccc(OC(F)F)cc1.I. The molecule has 3 N–H and O–H groups in total. The Morgan fingerprint density at radius 1 is 1.12 bits per heavy atom. The van der Waals surface area contributed by atoms with Crippen LogP contribution in [0, 0.1) is 0 Å². The van der Waals surface area contributed by atoms with Crippen LogP contribution in [0.4, 0.5) is 8.78 Å². The molecule has 0 saturated carbocycles. The van der Waals surface area contributed by atoms with Gasteiger partial charge in [0.05, 0.1) is 18.3 Å². The Bertz CT molecular complexity index is 951. The first-order valence-electron chi connectivity index (χ1n) is 9.89. The molecule has 7 nitrogen and oxygen atoms in total. The molecule has 1 atom stereocenters. The van der Waals surface area contributed by atoms with Crippen molar-refractivity contribution < 1.29 is 18.6 Å². The summed E-state index contributed by atoms with van der Waals surface area (Å²) in [7, 11) is 0. The summed E-state index contributed by atoms with van der Waals surface area (Å²) in [5.41, 5.74) is 2.58. The molecule has 1 unspecified atom stereocenters. The van der Waals surface area contributed by atoms with Crippen molar-refractivity contribution in [2.24, 2.45) is 4.99 Å². The van der Waals surface area contributed by atoms with Crippen molar-refractivity contribution in [3.63, 3.8) is 0 Å². The number of nitrogens with one attached hydrogen (secondary N) is 2. The molecule has 172 valence electrons. The van der Waals surface area contributed by atoms with E-state index >= 15 is 0 Å². The van der Waals surface area contributed by atoms with Crippen molar-refractivity contribution in [3.8, 4) is 11.4 Å². The summed E-state index contributed by atoms with van der Waals surface area (Å²) < 4.78 is 30.6. The van der Waals surface area contributed by atoms with Crippen molar-refractivity contribution in [3.05, 3.63) is 78.1 Å². The van der Waals surface area contributed by atoms with Gasteiger partial charge in [-0.2, -0.15) is 13.9 Å². The Balaban J connectivity index is 0.00000363. The molecule has 2 aromatic carbocycles. The summed E-state index contributed by atoms with van der Waals surface area (Å²) >= 11 is 0. The summed E-state index contributed by atoms with van der Waals surface area (Å²) in [5.74, 6) is 0.614. The van der Waals surface area contributed by atoms with Crippen LogP contribution in [0.5, 0.6) is 5.75 Å². The Labute approximate surface area is 202 Å². The van der Waals surface area contributed by atoms with Crippen LogP contribution >= 0.6 is 24.0 Å². The molecule has 0 fully saturated rings. The molecule has 0 aliphatic carbocycles. The molecule has 0 radical (unpaired) electrons. The smallest absolute Gasteiger partial charge is 0.387 e. The Hall–Kier alpha value is -2.73. The van der Waals surface area contributed by atoms with E-state index in [1.165, 1.54) is 12.1 Å². The highest BCUT2D eigenvalue weighted by Gasteiger charge is 2.10. The largest absolute Gasteiger partial charge is 0.435 e. The van der Waals surface area contributed by atoms with Crippen LogP contribution in [-0.4, -0.2) is 40.5 Å². The molecule has 32 heavy (non-hydrogen) atoms. The van der Waals surface area contributed by atoms with E-state index in [4.69, 9.17) is 0 Å². The highest BCUT2D eigenvalue weighted by atomic mass is 127. The van der Waals surface area contributed by atoms with E-state index in [-0.39, 0.29) is 36.3 Å². The Morgan fingerprint density at radius 3 is 2.44 bits per heavy atom. The van der Waals surface area contributed by atoms with Crippen molar-refractivity contribution >= 4 is 29.9 Å². The average molecular weight is 557 g/mol. The lowest BCUT2D eigenvalue weighted by atomic mass is 10.1. The van der Waals surface area contributed by atoms with Gasteiger partial charge in [-0.1, -0.05) is 24.3 Å². The van der Waals surface area contributed by atoms with Gasteiger partial charge in [0.2, 0.25) is 0 Å². The standard InChI is InChI=1S/C22H25F2N5O2.HI/c1-2-25-22(26-14-16-4-8-18(9-5-16)29-13-3-12-28-29)27-15-20(30)17-6-10-19(11-7-17)31-21(23)24;/h3-13,20-21,30H,2,14-15H2,1H3,(H2,25,26,27);1H. The fraction of sp³-hybridized carbons (Fsp3) is 0.273. The third-order valence-corrected chi connectivity index (χ3v) is 4.42. The molecule has 0 aliphatic rings. The third-order valence-electron chi connectivity index (χ3n) is 4.42. The lowest BCUT2D eigenvalue weighted by molar-refractivity contribution is -0.0498. The minimum atomic E-state index is -2.88. The summed E-state index contributed by atoms with van der Waals surface area (Å²) in [6.45, 7) is 0.413. The van der Waals surface area contributed by atoms with Gasteiger partial charge >= 0.3 is 6.61 Å². The summed E-state index contributed by atoms with van der Waals surface area (Å²) in [4.78, 5) is 4.55. The molecule has 3 rings (SSSR count). The van der Waals surface area contributed by atoms with Crippen LogP contribution in [0.15, 0.2) is 72.0 Å². The zero-order chi connectivity index (χ0) is 22.1. The second-order valence-corrected chi connectivity index (χ2v) is 6.66. The predicted octanol–water partition coefficient (Wildman–Crippen LogP) is 3.88. The van der Waals surface area contributed by atoms with Gasteiger partial charge < -0.3 is 20.5 Å². The van der Waals surface area contributed by atoms with Crippen LogP contribution in [0.25, 0.3) is 5.69 Å². The minimum absolute atomic E-state index is 0. The monoisotopic (exact) mass is 557 g/mol. The number of rotatable bonds is 9. The van der Waals surface area contributed by atoms with Crippen molar-refractivity contribution in [2.45, 2.75) is 26.2 Å². The second kappa shape index (κ2) is 13.0. The number of aromatic nitrogens is 2. The Morgan fingerprint density at radius 2 is 1.84 bits per heavy atom. The number of aliphatic hydroxyl groups is 1. The molecular formula is C22H26F2IN5O2. The van der Waals surface area contributed by atoms with Crippen LogP contribution in [-0.2, 0) is 6.54 Å². The lowest BCUT2D eigenvalue weighted by Gasteiger charge is -2.16. The number of benzene rings is 2. The fourth-order valence-corrected chi connectivity index (χ4v) is 2.87. The number of aliphatic hydroxyl groups excluding tert-OH is 1. The Kier molecular flexibility index (Phi) is 10.3. The molecule has 10 heteroatoms. The van der Waals surface area contributed by atoms with Crippen LogP contribution in [0.1, 0.15) is 24.2 Å². The van der Waals surface area contributed by atoms with Crippen LogP contribution in [0.3, 0.4) is 0 Å². The maximum atomic E-state index is 12.2. The number of ether oxygens (including phenoxy) is 1. The molecule has 0 bridgehead atoms. The molecule has 1 aromatic heterocycles. The van der Waals surface area contributed by atoms with Crippen molar-refractivity contribution in [2.75, 3.05) is 13.1 Å². The third kappa shape index (κ3) is 7.75. The number of alkyl halides is 2. The fourth-order valence-electron chi connectivity index (χ4n) is 2.87. The maximum absolute atomic E-state index is 12.2. The highest BCUT2D eigenvalue weighted by Crippen LogP contribution is 2.19. The van der Waals surface area contributed by atoms with Crippen molar-refractivity contribution in [1.82, 2.24) is 20.4 Å². The van der Waals surface area contributed by atoms with Gasteiger partial charge in [-0.15, -0.1) is 24.0 Å². The summed E-state index contributed by atoms with van der Waals surface area (Å²) in [6, 6.07) is 15.7. The first-order chi connectivity index (χ1) is 15.0. The number of hydrogen-bond acceptors (Lipinski definition) is 4. The molecule has 0 saturated heterocycles. The summed E-state index contributed by atoms with van der Waals surface area (Å²) in [6.07, 6.45) is 2.77. The molecule has 0 aliphatic heterocycles. The lowest BCUT2D eigenvalue weighted by Crippen LogP contribution is -2.39. The van der Waals surface area contributed by atoms with Gasteiger partial charge in [-0.05, 0) is 48.4 Å². The first-order valence-corrected chi connectivity index (χ1v) is 9.89. The maximum Gasteiger partial charge on any atom is 0.387 e. The quantitative estimate of drug-likeness (QED) is 0.212. The predicted molar refractivity (Wildman–Crippen MR) is 130 cm³/mol. The normalized spacial score (nSPS) is 12.2. The number of halogens is 3. The first kappa shape index (κ1) is 25.5. The van der Waals surface area contributed by atoms with E-state index in [0.717, 1.165) is 11.3 Å². The van der Waals surface area contributed by atoms with Gasteiger partial charge in [-0.3, -0.25) is 0 Å². The average Bonchev–Trinajstić information content (AvgIpc) is 3.31. The molecule has 0 amide bonds. The number of nitrogens with zero attached hydrogens (tertiary/aromatic N) is 3. The van der Waals surface area contributed by atoms with Gasteiger partial charge in [0.1, 0.15) is 5.75 Å². The number of aliphatic imine (C=N–C) groups is 1. The van der Waals surface area contributed by atoms with Gasteiger partial charge in [0.15, 0.2) is 5.96 Å². The highest BCUT2D eigenvalue weighted by molar-refractivity contribution is 14.0. The molecular weight excluding hydrogens is 531 g/mol. The topological polar surface area (TPSA) is 83.7 Å². The van der Waals surface area contributed by atoms with E-state index in [1.54, 1.807) is 23.0 Å². The van der Waals surface area contributed by atoms with E-state index in [9.17, 15) is 13.9 Å². The van der Waals surface area contributed by atoms with Crippen LogP contribution < -0.4 is 15.4 Å².